The smallest absolute Gasteiger partial charge is 0.257 e. The Balaban J connectivity index is 0.00000364. The third-order valence-corrected chi connectivity index (χ3v) is 5.12. The Kier molecular flexibility index (Phi) is 7.71. The fourth-order valence-corrected chi connectivity index (χ4v) is 3.13. The third kappa shape index (κ3) is 4.39. The second-order valence-electron chi connectivity index (χ2n) is 6.95. The highest BCUT2D eigenvalue weighted by Gasteiger charge is 2.62. The van der Waals surface area contributed by atoms with Crippen LogP contribution in [0.4, 0.5) is 8.78 Å². The van der Waals surface area contributed by atoms with E-state index >= 15 is 0 Å². The van der Waals surface area contributed by atoms with Crippen LogP contribution in [0.5, 0.6) is 0 Å². The maximum Gasteiger partial charge on any atom is 0.257 e. The summed E-state index contributed by atoms with van der Waals surface area (Å²) in [6, 6.07) is 3.19. The number of halogens is 3. The highest BCUT2D eigenvalue weighted by Crippen LogP contribution is 2.49. The average Bonchev–Trinajstić information content (AvgIpc) is 2.58. The van der Waals surface area contributed by atoms with Gasteiger partial charge in [-0.15, -0.1) is 12.4 Å². The molecule has 0 bridgehead atoms. The first kappa shape index (κ1) is 23.3. The van der Waals surface area contributed by atoms with E-state index in [4.69, 9.17) is 10.5 Å². The van der Waals surface area contributed by atoms with Gasteiger partial charge in [0.1, 0.15) is 22.7 Å². The maximum atomic E-state index is 13.5. The molecule has 2 amide bonds. The van der Waals surface area contributed by atoms with Crippen LogP contribution in [-0.2, 0) is 9.53 Å². The lowest BCUT2D eigenvalue weighted by molar-refractivity contribution is -0.170. The standard InChI is InChI=1S/C18H25F2N3O3.ClH/c1-4-26-13-10-18(21,17(13,2)3)16(25)23-9-8-22-15(24)14-11(19)6-5-7-12(14)20;/h5-7,13H,4,8-10,21H2,1-3H3,(H,22,24)(H,23,25);1H. The topological polar surface area (TPSA) is 93.4 Å². The van der Waals surface area contributed by atoms with E-state index in [2.05, 4.69) is 10.6 Å². The van der Waals surface area contributed by atoms with Gasteiger partial charge in [-0.05, 0) is 19.1 Å². The molecule has 1 aromatic carbocycles. The normalized spacial score (nSPS) is 23.0. The zero-order valence-electron chi connectivity index (χ0n) is 15.6. The lowest BCUT2D eigenvalue weighted by atomic mass is 9.54. The molecule has 0 aliphatic heterocycles. The van der Waals surface area contributed by atoms with Gasteiger partial charge in [0.15, 0.2) is 0 Å². The van der Waals surface area contributed by atoms with Crippen molar-refractivity contribution in [3.05, 3.63) is 35.4 Å². The van der Waals surface area contributed by atoms with Crippen LogP contribution in [0, 0.1) is 17.0 Å². The maximum absolute atomic E-state index is 13.5. The number of hydrogen-bond donors (Lipinski definition) is 3. The van der Waals surface area contributed by atoms with Gasteiger partial charge < -0.3 is 21.1 Å². The minimum Gasteiger partial charge on any atom is -0.378 e. The van der Waals surface area contributed by atoms with Crippen molar-refractivity contribution in [3.63, 3.8) is 0 Å². The fraction of sp³-hybridized carbons (Fsp3) is 0.556. The van der Waals surface area contributed by atoms with Crippen LogP contribution in [-0.4, -0.2) is 43.2 Å². The Labute approximate surface area is 163 Å². The van der Waals surface area contributed by atoms with Crippen molar-refractivity contribution in [3.8, 4) is 0 Å². The van der Waals surface area contributed by atoms with Crippen LogP contribution in [0.15, 0.2) is 18.2 Å². The summed E-state index contributed by atoms with van der Waals surface area (Å²) >= 11 is 0. The third-order valence-electron chi connectivity index (χ3n) is 5.12. The molecule has 1 aliphatic rings. The highest BCUT2D eigenvalue weighted by molar-refractivity contribution is 5.94. The Bertz CT molecular complexity index is 682. The Morgan fingerprint density at radius 1 is 1.22 bits per heavy atom. The fourth-order valence-electron chi connectivity index (χ4n) is 3.13. The molecule has 2 unspecified atom stereocenters. The SMILES string of the molecule is CCOC1CC(N)(C(=O)NCCNC(=O)c2c(F)cccc2F)C1(C)C.Cl. The van der Waals surface area contributed by atoms with Crippen molar-refractivity contribution in [1.29, 1.82) is 0 Å². The first-order valence-electron chi connectivity index (χ1n) is 8.56. The van der Waals surface area contributed by atoms with Gasteiger partial charge in [-0.1, -0.05) is 19.9 Å². The molecular weight excluding hydrogens is 380 g/mol. The summed E-state index contributed by atoms with van der Waals surface area (Å²) in [7, 11) is 0. The number of nitrogens with one attached hydrogen (secondary N) is 2. The summed E-state index contributed by atoms with van der Waals surface area (Å²) in [5.74, 6) is -3.10. The van der Waals surface area contributed by atoms with Crippen molar-refractivity contribution in [1.82, 2.24) is 10.6 Å². The predicted molar refractivity (Wildman–Crippen MR) is 99.7 cm³/mol. The van der Waals surface area contributed by atoms with Crippen LogP contribution < -0.4 is 16.4 Å². The highest BCUT2D eigenvalue weighted by atomic mass is 35.5. The molecule has 0 heterocycles. The molecule has 4 N–H and O–H groups in total. The van der Waals surface area contributed by atoms with Crippen molar-refractivity contribution in [2.75, 3.05) is 19.7 Å². The van der Waals surface area contributed by atoms with E-state index in [-0.39, 0.29) is 37.5 Å². The molecule has 0 aromatic heterocycles. The number of nitrogens with two attached hydrogens (primary N) is 1. The quantitative estimate of drug-likeness (QED) is 0.603. The van der Waals surface area contributed by atoms with Gasteiger partial charge in [-0.2, -0.15) is 0 Å². The molecule has 0 spiro atoms. The number of rotatable bonds is 7. The molecule has 0 radical (unpaired) electrons. The van der Waals surface area contributed by atoms with E-state index in [9.17, 15) is 18.4 Å². The average molecular weight is 406 g/mol. The van der Waals surface area contributed by atoms with E-state index < -0.39 is 34.1 Å². The Morgan fingerprint density at radius 3 is 2.30 bits per heavy atom. The molecular formula is C18H26ClF2N3O3. The number of carbonyl (C=O) groups excluding carboxylic acids is 2. The summed E-state index contributed by atoms with van der Waals surface area (Å²) < 4.78 is 32.6. The lowest BCUT2D eigenvalue weighted by Crippen LogP contribution is -2.75. The van der Waals surface area contributed by atoms with Crippen molar-refractivity contribution < 1.29 is 23.1 Å². The number of amides is 2. The van der Waals surface area contributed by atoms with Crippen molar-refractivity contribution in [2.45, 2.75) is 38.8 Å². The first-order chi connectivity index (χ1) is 12.1. The molecule has 1 saturated carbocycles. The molecule has 1 fully saturated rings. The summed E-state index contributed by atoms with van der Waals surface area (Å²) in [5, 5.41) is 5.03. The molecule has 1 aliphatic carbocycles. The van der Waals surface area contributed by atoms with Gasteiger partial charge in [0, 0.05) is 31.5 Å². The van der Waals surface area contributed by atoms with Gasteiger partial charge in [0.2, 0.25) is 5.91 Å². The van der Waals surface area contributed by atoms with Crippen LogP contribution in [0.2, 0.25) is 0 Å². The van der Waals surface area contributed by atoms with Gasteiger partial charge >= 0.3 is 0 Å². The molecule has 1 aromatic rings. The first-order valence-corrected chi connectivity index (χ1v) is 8.56. The van der Waals surface area contributed by atoms with Gasteiger partial charge in [0.25, 0.3) is 5.91 Å². The lowest BCUT2D eigenvalue weighted by Gasteiger charge is -2.57. The minimum absolute atomic E-state index is 0. The number of hydrogen-bond acceptors (Lipinski definition) is 4. The van der Waals surface area contributed by atoms with Gasteiger partial charge in [-0.25, -0.2) is 8.78 Å². The zero-order chi connectivity index (χ0) is 19.5. The largest absolute Gasteiger partial charge is 0.378 e. The van der Waals surface area contributed by atoms with Crippen LogP contribution in [0.25, 0.3) is 0 Å². The molecule has 2 atom stereocenters. The van der Waals surface area contributed by atoms with E-state index in [1.807, 2.05) is 20.8 Å². The number of ether oxygens (including phenoxy) is 1. The van der Waals surface area contributed by atoms with E-state index in [0.29, 0.717) is 13.0 Å². The van der Waals surface area contributed by atoms with Crippen molar-refractivity contribution in [2.24, 2.45) is 11.1 Å². The van der Waals surface area contributed by atoms with Crippen LogP contribution >= 0.6 is 12.4 Å². The van der Waals surface area contributed by atoms with Gasteiger partial charge in [0.05, 0.1) is 6.10 Å². The van der Waals surface area contributed by atoms with Crippen molar-refractivity contribution >= 4 is 24.2 Å². The second kappa shape index (κ2) is 8.95. The molecule has 6 nitrogen and oxygen atoms in total. The van der Waals surface area contributed by atoms with E-state index in [0.717, 1.165) is 12.1 Å². The second-order valence-corrected chi connectivity index (χ2v) is 6.95. The monoisotopic (exact) mass is 405 g/mol. The van der Waals surface area contributed by atoms with Crippen LogP contribution in [0.3, 0.4) is 0 Å². The molecule has 27 heavy (non-hydrogen) atoms. The summed E-state index contributed by atoms with van der Waals surface area (Å²) in [6.45, 7) is 6.29. The molecule has 152 valence electrons. The number of carbonyl (C=O) groups is 2. The predicted octanol–water partition coefficient (Wildman–Crippen LogP) is 1.77. The molecule has 0 saturated heterocycles. The summed E-state index contributed by atoms with van der Waals surface area (Å²) in [5.41, 5.74) is 4.01. The van der Waals surface area contributed by atoms with E-state index in [1.54, 1.807) is 0 Å². The Hall–Kier alpha value is -1.77. The van der Waals surface area contributed by atoms with Crippen LogP contribution in [0.1, 0.15) is 37.6 Å². The Morgan fingerprint density at radius 2 is 1.78 bits per heavy atom. The minimum atomic E-state index is -1.06. The zero-order valence-corrected chi connectivity index (χ0v) is 16.4. The summed E-state index contributed by atoms with van der Waals surface area (Å²) in [6.07, 6.45) is 0.318. The molecule has 2 rings (SSSR count). The summed E-state index contributed by atoms with van der Waals surface area (Å²) in [4.78, 5) is 24.3. The van der Waals surface area contributed by atoms with E-state index in [1.165, 1.54) is 6.07 Å². The van der Waals surface area contributed by atoms with Gasteiger partial charge in [-0.3, -0.25) is 9.59 Å². The number of benzene rings is 1. The molecule has 9 heteroatoms.